The van der Waals surface area contributed by atoms with Gasteiger partial charge >= 0.3 is 5.97 Å². The molecule has 1 saturated heterocycles. The summed E-state index contributed by atoms with van der Waals surface area (Å²) in [5, 5.41) is 8.83. The third-order valence-electron chi connectivity index (χ3n) is 3.99. The first kappa shape index (κ1) is 16.5. The van der Waals surface area contributed by atoms with E-state index in [1.54, 1.807) is 11.0 Å². The molecule has 1 heterocycles. The van der Waals surface area contributed by atoms with Gasteiger partial charge in [0.25, 0.3) is 5.91 Å². The predicted molar refractivity (Wildman–Crippen MR) is 83.0 cm³/mol. The molecule has 5 heteroatoms. The molecule has 1 aliphatic heterocycles. The van der Waals surface area contributed by atoms with E-state index >= 15 is 0 Å². The Labute approximate surface area is 130 Å². The Morgan fingerprint density at radius 3 is 2.77 bits per heavy atom. The monoisotopic (exact) mass is 305 g/mol. The van der Waals surface area contributed by atoms with Gasteiger partial charge in [-0.2, -0.15) is 0 Å². The van der Waals surface area contributed by atoms with Gasteiger partial charge in [-0.05, 0) is 38.0 Å². The molecule has 1 aromatic rings. The van der Waals surface area contributed by atoms with Gasteiger partial charge in [0.1, 0.15) is 0 Å². The highest BCUT2D eigenvalue weighted by Gasteiger charge is 2.22. The zero-order valence-corrected chi connectivity index (χ0v) is 13.1. The summed E-state index contributed by atoms with van der Waals surface area (Å²) in [7, 11) is 0. The molecular weight excluding hydrogens is 282 g/mol. The van der Waals surface area contributed by atoms with Crippen LogP contribution in [0.1, 0.15) is 48.5 Å². The van der Waals surface area contributed by atoms with E-state index in [1.165, 1.54) is 0 Å². The Morgan fingerprint density at radius 2 is 2.18 bits per heavy atom. The number of amides is 1. The summed E-state index contributed by atoms with van der Waals surface area (Å²) in [5.74, 6) is -0.661. The Kier molecular flexibility index (Phi) is 5.55. The predicted octanol–water partition coefficient (Wildman–Crippen LogP) is 2.52. The average molecular weight is 305 g/mol. The van der Waals surface area contributed by atoms with Crippen LogP contribution < -0.4 is 0 Å². The molecule has 0 bridgehead atoms. The van der Waals surface area contributed by atoms with Crippen molar-refractivity contribution in [3.05, 3.63) is 35.4 Å². The third-order valence-corrected chi connectivity index (χ3v) is 3.99. The van der Waals surface area contributed by atoms with Crippen molar-refractivity contribution in [3.63, 3.8) is 0 Å². The van der Waals surface area contributed by atoms with Crippen molar-refractivity contribution in [1.82, 2.24) is 4.90 Å². The summed E-state index contributed by atoms with van der Waals surface area (Å²) in [6, 6.07) is 7.57. The maximum atomic E-state index is 12.7. The molecule has 22 heavy (non-hydrogen) atoms. The van der Waals surface area contributed by atoms with Crippen LogP contribution in [-0.2, 0) is 9.53 Å². The van der Waals surface area contributed by atoms with Crippen LogP contribution in [0.25, 0.3) is 0 Å². The fraction of sp³-hybridized carbons (Fsp3) is 0.529. The molecule has 120 valence electrons. The van der Waals surface area contributed by atoms with E-state index in [-0.39, 0.29) is 24.9 Å². The van der Waals surface area contributed by atoms with E-state index in [1.807, 2.05) is 32.0 Å². The standard InChI is InChI=1S/C17H23NO4/c1-12(2)18(8-6-16(19)20)17(21)14-5-3-4-13(10-14)15-7-9-22-11-15/h3-5,10,12,15H,6-9,11H2,1-2H3,(H,19,20). The van der Waals surface area contributed by atoms with Gasteiger partial charge in [0.15, 0.2) is 0 Å². The maximum Gasteiger partial charge on any atom is 0.305 e. The molecular formula is C17H23NO4. The third kappa shape index (κ3) is 4.07. The van der Waals surface area contributed by atoms with Gasteiger partial charge in [-0.1, -0.05) is 12.1 Å². The van der Waals surface area contributed by atoms with E-state index < -0.39 is 5.97 Å². The van der Waals surface area contributed by atoms with E-state index in [2.05, 4.69) is 0 Å². The second-order valence-electron chi connectivity index (χ2n) is 5.92. The molecule has 1 aliphatic rings. The van der Waals surface area contributed by atoms with Gasteiger partial charge in [0.2, 0.25) is 0 Å². The first-order valence-electron chi connectivity index (χ1n) is 7.69. The number of carboxylic acids is 1. The molecule has 0 radical (unpaired) electrons. The van der Waals surface area contributed by atoms with Crippen molar-refractivity contribution in [2.75, 3.05) is 19.8 Å². The number of carbonyl (C=O) groups excluding carboxylic acids is 1. The number of carboxylic acid groups (broad SMARTS) is 1. The van der Waals surface area contributed by atoms with E-state index in [9.17, 15) is 9.59 Å². The van der Waals surface area contributed by atoms with Crippen molar-refractivity contribution < 1.29 is 19.4 Å². The lowest BCUT2D eigenvalue weighted by atomic mass is 9.96. The fourth-order valence-electron chi connectivity index (χ4n) is 2.70. The summed E-state index contributed by atoms with van der Waals surface area (Å²) in [6.07, 6.45) is 0.935. The van der Waals surface area contributed by atoms with Crippen LogP contribution in [0.15, 0.2) is 24.3 Å². The minimum Gasteiger partial charge on any atom is -0.481 e. The molecule has 1 aromatic carbocycles. The molecule has 0 aliphatic carbocycles. The fourth-order valence-corrected chi connectivity index (χ4v) is 2.70. The quantitative estimate of drug-likeness (QED) is 0.877. The molecule has 0 spiro atoms. The first-order chi connectivity index (χ1) is 10.5. The van der Waals surface area contributed by atoms with Crippen molar-refractivity contribution in [2.24, 2.45) is 0 Å². The first-order valence-corrected chi connectivity index (χ1v) is 7.69. The van der Waals surface area contributed by atoms with E-state index in [0.29, 0.717) is 18.1 Å². The van der Waals surface area contributed by atoms with Crippen LogP contribution in [0.3, 0.4) is 0 Å². The second-order valence-corrected chi connectivity index (χ2v) is 5.92. The highest BCUT2D eigenvalue weighted by Crippen LogP contribution is 2.26. The van der Waals surface area contributed by atoms with Crippen molar-refractivity contribution in [1.29, 1.82) is 0 Å². The largest absolute Gasteiger partial charge is 0.481 e. The summed E-state index contributed by atoms with van der Waals surface area (Å²) in [4.78, 5) is 25.0. The average Bonchev–Trinajstić information content (AvgIpc) is 3.01. The van der Waals surface area contributed by atoms with Gasteiger partial charge in [0.05, 0.1) is 13.0 Å². The smallest absolute Gasteiger partial charge is 0.305 e. The summed E-state index contributed by atoms with van der Waals surface area (Å²) in [5.41, 5.74) is 1.73. The molecule has 1 unspecified atom stereocenters. The lowest BCUT2D eigenvalue weighted by molar-refractivity contribution is -0.137. The molecule has 2 rings (SSSR count). The number of ether oxygens (including phenoxy) is 1. The Morgan fingerprint density at radius 1 is 1.41 bits per heavy atom. The molecule has 1 atom stereocenters. The summed E-state index contributed by atoms with van der Waals surface area (Å²) < 4.78 is 5.40. The zero-order valence-electron chi connectivity index (χ0n) is 13.1. The minimum atomic E-state index is -0.893. The topological polar surface area (TPSA) is 66.8 Å². The molecule has 1 amide bonds. The van der Waals surface area contributed by atoms with Crippen LogP contribution in [0, 0.1) is 0 Å². The van der Waals surface area contributed by atoms with Gasteiger partial charge in [-0.15, -0.1) is 0 Å². The van der Waals surface area contributed by atoms with Crippen LogP contribution in [-0.4, -0.2) is 47.7 Å². The van der Waals surface area contributed by atoms with Gasteiger partial charge in [-0.3, -0.25) is 9.59 Å². The Hall–Kier alpha value is -1.88. The SMILES string of the molecule is CC(C)N(CCC(=O)O)C(=O)c1cccc(C2CCOC2)c1. The Bertz CT molecular complexity index is 535. The van der Waals surface area contributed by atoms with Crippen LogP contribution >= 0.6 is 0 Å². The molecule has 5 nitrogen and oxygen atoms in total. The normalized spacial score (nSPS) is 17.7. The number of nitrogens with zero attached hydrogens (tertiary/aromatic N) is 1. The highest BCUT2D eigenvalue weighted by atomic mass is 16.5. The van der Waals surface area contributed by atoms with Crippen LogP contribution in [0.5, 0.6) is 0 Å². The molecule has 1 fully saturated rings. The highest BCUT2D eigenvalue weighted by molar-refractivity contribution is 5.94. The summed E-state index contributed by atoms with van der Waals surface area (Å²) >= 11 is 0. The summed E-state index contributed by atoms with van der Waals surface area (Å²) in [6.45, 7) is 5.48. The second kappa shape index (κ2) is 7.40. The van der Waals surface area contributed by atoms with Gasteiger partial charge in [0, 0.05) is 30.7 Å². The Balaban J connectivity index is 2.15. The van der Waals surface area contributed by atoms with Crippen LogP contribution in [0.4, 0.5) is 0 Å². The van der Waals surface area contributed by atoms with Crippen LogP contribution in [0.2, 0.25) is 0 Å². The maximum absolute atomic E-state index is 12.7. The van der Waals surface area contributed by atoms with E-state index in [4.69, 9.17) is 9.84 Å². The lowest BCUT2D eigenvalue weighted by Gasteiger charge is -2.26. The number of rotatable bonds is 6. The van der Waals surface area contributed by atoms with Gasteiger partial charge < -0.3 is 14.7 Å². The minimum absolute atomic E-state index is 0.0367. The number of benzene rings is 1. The number of carbonyl (C=O) groups is 2. The molecule has 0 aromatic heterocycles. The van der Waals surface area contributed by atoms with Crippen molar-refractivity contribution in [2.45, 2.75) is 38.6 Å². The molecule has 1 N–H and O–H groups in total. The number of hydrogen-bond acceptors (Lipinski definition) is 3. The van der Waals surface area contributed by atoms with E-state index in [0.717, 1.165) is 18.6 Å². The van der Waals surface area contributed by atoms with Gasteiger partial charge in [-0.25, -0.2) is 0 Å². The lowest BCUT2D eigenvalue weighted by Crippen LogP contribution is -2.38. The molecule has 0 saturated carbocycles. The number of aliphatic carboxylic acids is 1. The van der Waals surface area contributed by atoms with Crippen molar-refractivity contribution >= 4 is 11.9 Å². The van der Waals surface area contributed by atoms with Crippen molar-refractivity contribution in [3.8, 4) is 0 Å². The number of hydrogen-bond donors (Lipinski definition) is 1. The zero-order chi connectivity index (χ0) is 16.1.